The third kappa shape index (κ3) is 2.94. The van der Waals surface area contributed by atoms with Crippen LogP contribution >= 0.6 is 0 Å². The minimum atomic E-state index is -0.824. The number of piperidine rings is 1. The van der Waals surface area contributed by atoms with Crippen LogP contribution in [0.1, 0.15) is 38.4 Å². The van der Waals surface area contributed by atoms with E-state index in [-0.39, 0.29) is 18.5 Å². The van der Waals surface area contributed by atoms with Gasteiger partial charge in [0.25, 0.3) is 0 Å². The molecule has 6 heteroatoms. The van der Waals surface area contributed by atoms with Crippen LogP contribution in [0.2, 0.25) is 0 Å². The second kappa shape index (κ2) is 5.42. The van der Waals surface area contributed by atoms with Gasteiger partial charge in [0.05, 0.1) is 24.5 Å². The average molecular weight is 265 g/mol. The molecule has 1 fully saturated rings. The van der Waals surface area contributed by atoms with E-state index in [2.05, 4.69) is 4.98 Å². The highest BCUT2D eigenvalue weighted by Crippen LogP contribution is 2.20. The predicted molar refractivity (Wildman–Crippen MR) is 68.4 cm³/mol. The van der Waals surface area contributed by atoms with Crippen molar-refractivity contribution in [1.82, 2.24) is 14.5 Å². The van der Waals surface area contributed by atoms with Gasteiger partial charge in [0.15, 0.2) is 0 Å². The van der Waals surface area contributed by atoms with E-state index in [1.54, 1.807) is 17.4 Å². The Hall–Kier alpha value is -1.85. The number of nitrogens with zero attached hydrogens (tertiary/aromatic N) is 3. The molecule has 1 saturated heterocycles. The summed E-state index contributed by atoms with van der Waals surface area (Å²) in [4.78, 5) is 28.6. The fourth-order valence-electron chi connectivity index (χ4n) is 2.38. The van der Waals surface area contributed by atoms with Crippen LogP contribution in [0.5, 0.6) is 0 Å². The summed E-state index contributed by atoms with van der Waals surface area (Å²) < 4.78 is 2.00. The Morgan fingerprint density at radius 3 is 2.95 bits per heavy atom. The van der Waals surface area contributed by atoms with Crippen molar-refractivity contribution in [3.8, 4) is 0 Å². The zero-order chi connectivity index (χ0) is 14.0. The number of carbonyl (C=O) groups is 2. The van der Waals surface area contributed by atoms with Crippen molar-refractivity contribution >= 4 is 11.9 Å². The Bertz CT molecular complexity index is 481. The Morgan fingerprint density at radius 1 is 1.58 bits per heavy atom. The van der Waals surface area contributed by atoms with E-state index in [9.17, 15) is 9.59 Å². The van der Waals surface area contributed by atoms with Gasteiger partial charge in [0.1, 0.15) is 0 Å². The minimum Gasteiger partial charge on any atom is -0.481 e. The molecule has 1 aliphatic heterocycles. The van der Waals surface area contributed by atoms with E-state index < -0.39 is 11.9 Å². The number of aliphatic carboxylic acids is 1. The standard InChI is InChI=1S/C13H19N3O3/c1-9(2)16-8-14-5-11(16)7-15-6-10(13(18)19)3-4-12(15)17/h5,8-10H,3-4,6-7H2,1-2H3,(H,18,19). The molecule has 2 heterocycles. The van der Waals surface area contributed by atoms with Crippen LogP contribution in [0.4, 0.5) is 0 Å². The second-order valence-corrected chi connectivity index (χ2v) is 5.23. The molecule has 1 amide bonds. The zero-order valence-electron chi connectivity index (χ0n) is 11.2. The number of likely N-dealkylation sites (tertiary alicyclic amines) is 1. The lowest BCUT2D eigenvalue weighted by atomic mass is 9.97. The van der Waals surface area contributed by atoms with E-state index in [1.807, 2.05) is 18.4 Å². The number of hydrogen-bond donors (Lipinski definition) is 1. The monoisotopic (exact) mass is 265 g/mol. The first-order valence-electron chi connectivity index (χ1n) is 6.50. The molecule has 1 aromatic rings. The van der Waals surface area contributed by atoms with Crippen LogP contribution in [0.15, 0.2) is 12.5 Å². The summed E-state index contributed by atoms with van der Waals surface area (Å²) in [6.07, 6.45) is 4.22. The predicted octanol–water partition coefficient (Wildman–Crippen LogP) is 1.29. The molecule has 0 bridgehead atoms. The van der Waals surface area contributed by atoms with Crippen LogP contribution in [0, 0.1) is 5.92 Å². The van der Waals surface area contributed by atoms with E-state index >= 15 is 0 Å². The van der Waals surface area contributed by atoms with Crippen LogP contribution < -0.4 is 0 Å². The van der Waals surface area contributed by atoms with Gasteiger partial charge in [-0.1, -0.05) is 0 Å². The Balaban J connectivity index is 2.10. The average Bonchev–Trinajstić information content (AvgIpc) is 2.80. The van der Waals surface area contributed by atoms with Gasteiger partial charge in [-0.3, -0.25) is 9.59 Å². The van der Waals surface area contributed by atoms with Crippen molar-refractivity contribution in [1.29, 1.82) is 0 Å². The number of aromatic nitrogens is 2. The third-order valence-electron chi connectivity index (χ3n) is 3.50. The fraction of sp³-hybridized carbons (Fsp3) is 0.615. The van der Waals surface area contributed by atoms with Gasteiger partial charge in [-0.05, 0) is 20.3 Å². The quantitative estimate of drug-likeness (QED) is 0.890. The molecule has 0 spiro atoms. The lowest BCUT2D eigenvalue weighted by Crippen LogP contribution is -2.42. The topological polar surface area (TPSA) is 75.4 Å². The maximum atomic E-state index is 11.9. The van der Waals surface area contributed by atoms with Gasteiger partial charge in [-0.15, -0.1) is 0 Å². The highest BCUT2D eigenvalue weighted by molar-refractivity contribution is 5.80. The van der Waals surface area contributed by atoms with Gasteiger partial charge >= 0.3 is 5.97 Å². The van der Waals surface area contributed by atoms with Gasteiger partial charge in [0, 0.05) is 25.2 Å². The zero-order valence-corrected chi connectivity index (χ0v) is 11.2. The molecule has 1 aromatic heterocycles. The second-order valence-electron chi connectivity index (χ2n) is 5.23. The summed E-state index contributed by atoms with van der Waals surface area (Å²) in [6.45, 7) is 4.81. The summed E-state index contributed by atoms with van der Waals surface area (Å²) in [5.74, 6) is -1.25. The summed E-state index contributed by atoms with van der Waals surface area (Å²) >= 11 is 0. The summed E-state index contributed by atoms with van der Waals surface area (Å²) in [5, 5.41) is 9.06. The van der Waals surface area contributed by atoms with Gasteiger partial charge in [-0.2, -0.15) is 0 Å². The van der Waals surface area contributed by atoms with E-state index in [0.29, 0.717) is 19.4 Å². The smallest absolute Gasteiger partial charge is 0.308 e. The molecule has 1 atom stereocenters. The number of imidazole rings is 1. The molecule has 0 saturated carbocycles. The first-order chi connectivity index (χ1) is 8.99. The number of carboxylic acid groups (broad SMARTS) is 1. The van der Waals surface area contributed by atoms with E-state index in [1.165, 1.54) is 0 Å². The molecule has 1 N–H and O–H groups in total. The van der Waals surface area contributed by atoms with E-state index in [4.69, 9.17) is 5.11 Å². The van der Waals surface area contributed by atoms with Crippen LogP contribution in [0.25, 0.3) is 0 Å². The molecule has 0 aliphatic carbocycles. The van der Waals surface area contributed by atoms with Crippen LogP contribution in [-0.2, 0) is 16.1 Å². The van der Waals surface area contributed by atoms with Crippen molar-refractivity contribution in [3.63, 3.8) is 0 Å². The van der Waals surface area contributed by atoms with Gasteiger partial charge < -0.3 is 14.6 Å². The number of rotatable bonds is 4. The van der Waals surface area contributed by atoms with Crippen LogP contribution in [0.3, 0.4) is 0 Å². The molecule has 19 heavy (non-hydrogen) atoms. The summed E-state index contributed by atoms with van der Waals surface area (Å²) in [5.41, 5.74) is 0.939. The van der Waals surface area contributed by atoms with E-state index in [0.717, 1.165) is 5.69 Å². The van der Waals surface area contributed by atoms with Crippen molar-refractivity contribution in [3.05, 3.63) is 18.2 Å². The maximum absolute atomic E-state index is 11.9. The number of amides is 1. The SMILES string of the molecule is CC(C)n1cncc1CN1CC(C(=O)O)CCC1=O. The lowest BCUT2D eigenvalue weighted by molar-refractivity contribution is -0.147. The Kier molecular flexibility index (Phi) is 3.87. The van der Waals surface area contributed by atoms with Crippen molar-refractivity contribution in [2.24, 2.45) is 5.92 Å². The van der Waals surface area contributed by atoms with Crippen LogP contribution in [-0.4, -0.2) is 38.0 Å². The number of carbonyl (C=O) groups excluding carboxylic acids is 1. The first kappa shape index (κ1) is 13.6. The first-order valence-corrected chi connectivity index (χ1v) is 6.50. The molecule has 104 valence electrons. The summed E-state index contributed by atoms with van der Waals surface area (Å²) in [7, 11) is 0. The highest BCUT2D eigenvalue weighted by atomic mass is 16.4. The van der Waals surface area contributed by atoms with Gasteiger partial charge in [0.2, 0.25) is 5.91 Å². The highest BCUT2D eigenvalue weighted by Gasteiger charge is 2.30. The summed E-state index contributed by atoms with van der Waals surface area (Å²) in [6, 6.07) is 0.271. The van der Waals surface area contributed by atoms with Crippen molar-refractivity contribution < 1.29 is 14.7 Å². The maximum Gasteiger partial charge on any atom is 0.308 e. The Labute approximate surface area is 112 Å². The molecular formula is C13H19N3O3. The Morgan fingerprint density at radius 2 is 2.32 bits per heavy atom. The van der Waals surface area contributed by atoms with Gasteiger partial charge in [-0.25, -0.2) is 4.98 Å². The largest absolute Gasteiger partial charge is 0.481 e. The molecule has 2 rings (SSSR count). The van der Waals surface area contributed by atoms with Crippen molar-refractivity contribution in [2.45, 2.75) is 39.3 Å². The molecule has 0 aromatic carbocycles. The van der Waals surface area contributed by atoms with Crippen molar-refractivity contribution in [2.75, 3.05) is 6.54 Å². The minimum absolute atomic E-state index is 0.0222. The number of hydrogen-bond acceptors (Lipinski definition) is 3. The molecule has 1 aliphatic rings. The lowest BCUT2D eigenvalue weighted by Gasteiger charge is -2.31. The number of carboxylic acids is 1. The molecule has 6 nitrogen and oxygen atoms in total. The molecule has 0 radical (unpaired) electrons. The normalized spacial score (nSPS) is 20.1. The third-order valence-corrected chi connectivity index (χ3v) is 3.50. The molecular weight excluding hydrogens is 246 g/mol. The fourth-order valence-corrected chi connectivity index (χ4v) is 2.38. The molecule has 1 unspecified atom stereocenters.